The maximum Gasteiger partial charge on any atom is 0.309 e. The van der Waals surface area contributed by atoms with E-state index in [2.05, 4.69) is 21.2 Å². The number of amides is 1. The van der Waals surface area contributed by atoms with Gasteiger partial charge < -0.3 is 10.1 Å². The first-order valence-corrected chi connectivity index (χ1v) is 7.96. The number of nitrogens with one attached hydrogen (secondary N) is 1. The van der Waals surface area contributed by atoms with E-state index in [-0.39, 0.29) is 24.2 Å². The summed E-state index contributed by atoms with van der Waals surface area (Å²) in [7, 11) is 1.33. The fourth-order valence-electron chi connectivity index (χ4n) is 2.74. The van der Waals surface area contributed by atoms with Gasteiger partial charge in [0.1, 0.15) is 0 Å². The van der Waals surface area contributed by atoms with E-state index in [9.17, 15) is 14.4 Å². The fraction of sp³-hybridized carbons (Fsp3) is 0.438. The topological polar surface area (TPSA) is 72.5 Å². The second-order valence-corrected chi connectivity index (χ2v) is 6.23. The van der Waals surface area contributed by atoms with Crippen LogP contribution in [0.3, 0.4) is 0 Å². The highest BCUT2D eigenvalue weighted by Gasteiger charge is 2.38. The Morgan fingerprint density at radius 1 is 1.18 bits per heavy atom. The third-order valence-electron chi connectivity index (χ3n) is 3.95. The van der Waals surface area contributed by atoms with Crippen LogP contribution < -0.4 is 5.32 Å². The van der Waals surface area contributed by atoms with E-state index in [0.29, 0.717) is 18.4 Å². The first-order valence-electron chi connectivity index (χ1n) is 7.17. The molecule has 0 aliphatic heterocycles. The van der Waals surface area contributed by atoms with E-state index >= 15 is 0 Å². The number of hydrogen-bond donors (Lipinski definition) is 1. The van der Waals surface area contributed by atoms with E-state index < -0.39 is 11.8 Å². The summed E-state index contributed by atoms with van der Waals surface area (Å²) in [5, 5.41) is 2.64. The number of hydrogen-bond acceptors (Lipinski definition) is 4. The predicted octanol–water partition coefficient (Wildman–Crippen LogP) is 2.34. The first kappa shape index (κ1) is 16.7. The van der Waals surface area contributed by atoms with Gasteiger partial charge in [-0.2, -0.15) is 0 Å². The van der Waals surface area contributed by atoms with Crippen molar-refractivity contribution < 1.29 is 19.1 Å². The summed E-state index contributed by atoms with van der Waals surface area (Å²) in [5.41, 5.74) is 0.541. The van der Waals surface area contributed by atoms with Crippen molar-refractivity contribution in [1.29, 1.82) is 0 Å². The van der Waals surface area contributed by atoms with E-state index in [4.69, 9.17) is 4.74 Å². The number of benzene rings is 1. The Morgan fingerprint density at radius 3 is 2.45 bits per heavy atom. The van der Waals surface area contributed by atoms with Crippen molar-refractivity contribution in [3.05, 3.63) is 34.3 Å². The number of esters is 1. The quantitative estimate of drug-likeness (QED) is 0.640. The molecule has 0 aromatic heterocycles. The predicted molar refractivity (Wildman–Crippen MR) is 84.3 cm³/mol. The molecule has 1 aromatic rings. The second-order valence-electron chi connectivity index (χ2n) is 5.31. The van der Waals surface area contributed by atoms with Crippen molar-refractivity contribution in [2.75, 3.05) is 13.7 Å². The van der Waals surface area contributed by atoms with Gasteiger partial charge in [-0.05, 0) is 25.0 Å². The van der Waals surface area contributed by atoms with Crippen LogP contribution in [0.1, 0.15) is 29.6 Å². The van der Waals surface area contributed by atoms with E-state index in [1.54, 1.807) is 24.3 Å². The summed E-state index contributed by atoms with van der Waals surface area (Å²) in [6.07, 6.45) is 2.13. The zero-order valence-corrected chi connectivity index (χ0v) is 13.9. The highest BCUT2D eigenvalue weighted by atomic mass is 79.9. The lowest BCUT2D eigenvalue weighted by atomic mass is 9.95. The minimum Gasteiger partial charge on any atom is -0.469 e. The lowest BCUT2D eigenvalue weighted by molar-refractivity contribution is -0.149. The molecule has 0 spiro atoms. The molecule has 1 saturated carbocycles. The summed E-state index contributed by atoms with van der Waals surface area (Å²) in [5.74, 6) is -1.55. The molecule has 1 aliphatic rings. The maximum absolute atomic E-state index is 12.2. The van der Waals surface area contributed by atoms with E-state index in [0.717, 1.165) is 10.9 Å². The molecule has 2 rings (SSSR count). The lowest BCUT2D eigenvalue weighted by Crippen LogP contribution is -2.38. The minimum atomic E-state index is -0.398. The molecular formula is C16H18BrNO4. The zero-order valence-electron chi connectivity index (χ0n) is 12.3. The first-order chi connectivity index (χ1) is 10.5. The van der Waals surface area contributed by atoms with E-state index in [1.165, 1.54) is 7.11 Å². The third kappa shape index (κ3) is 3.94. The molecule has 0 radical (unpaired) electrons. The number of ketones is 1. The maximum atomic E-state index is 12.2. The Balaban J connectivity index is 1.90. The van der Waals surface area contributed by atoms with Crippen molar-refractivity contribution in [2.24, 2.45) is 11.8 Å². The monoisotopic (exact) mass is 367 g/mol. The van der Waals surface area contributed by atoms with Crippen molar-refractivity contribution in [2.45, 2.75) is 19.3 Å². The van der Waals surface area contributed by atoms with Crippen LogP contribution in [0.5, 0.6) is 0 Å². The van der Waals surface area contributed by atoms with Gasteiger partial charge in [-0.25, -0.2) is 0 Å². The minimum absolute atomic E-state index is 0.0646. The van der Waals surface area contributed by atoms with Gasteiger partial charge in [0.05, 0.1) is 25.5 Å². The zero-order chi connectivity index (χ0) is 16.1. The number of ether oxygens (including phenoxy) is 1. The van der Waals surface area contributed by atoms with Crippen LogP contribution >= 0.6 is 15.9 Å². The molecule has 1 fully saturated rings. The average molecular weight is 368 g/mol. The van der Waals surface area contributed by atoms with Crippen molar-refractivity contribution in [3.8, 4) is 0 Å². The molecule has 1 amide bonds. The third-order valence-corrected chi connectivity index (χ3v) is 4.47. The Labute approximate surface area is 137 Å². The van der Waals surface area contributed by atoms with Crippen molar-refractivity contribution in [1.82, 2.24) is 5.32 Å². The molecule has 1 aliphatic carbocycles. The van der Waals surface area contributed by atoms with Crippen LogP contribution in [0.15, 0.2) is 28.7 Å². The summed E-state index contributed by atoms with van der Waals surface area (Å²) >= 11 is 3.30. The Hall–Kier alpha value is -1.69. The molecule has 0 saturated heterocycles. The van der Waals surface area contributed by atoms with Crippen molar-refractivity contribution in [3.63, 3.8) is 0 Å². The molecule has 0 bridgehead atoms. The van der Waals surface area contributed by atoms with Gasteiger partial charge in [0.15, 0.2) is 5.78 Å². The van der Waals surface area contributed by atoms with Crippen molar-refractivity contribution >= 4 is 33.6 Å². The molecule has 0 heterocycles. The van der Waals surface area contributed by atoms with Crippen LogP contribution in [-0.2, 0) is 14.3 Å². The second kappa shape index (κ2) is 7.54. The fourth-order valence-corrected chi connectivity index (χ4v) is 3.01. The van der Waals surface area contributed by atoms with Gasteiger partial charge in [-0.3, -0.25) is 14.4 Å². The molecular weight excluding hydrogens is 350 g/mol. The smallest absolute Gasteiger partial charge is 0.309 e. The van der Waals surface area contributed by atoms with Crippen LogP contribution in [0.25, 0.3) is 0 Å². The number of carbonyl (C=O) groups excluding carboxylic acids is 3. The van der Waals surface area contributed by atoms with Gasteiger partial charge in [0.25, 0.3) is 0 Å². The molecule has 118 valence electrons. The molecule has 6 heteroatoms. The number of methoxy groups -OCH3 is 1. The van der Waals surface area contributed by atoms with Crippen LogP contribution in [-0.4, -0.2) is 31.3 Å². The van der Waals surface area contributed by atoms with Gasteiger partial charge in [-0.15, -0.1) is 0 Å². The molecule has 5 nitrogen and oxygen atoms in total. The summed E-state index contributed by atoms with van der Waals surface area (Å²) in [6.45, 7) is -0.0646. The summed E-state index contributed by atoms with van der Waals surface area (Å²) < 4.78 is 5.62. The van der Waals surface area contributed by atoms with Gasteiger partial charge in [0.2, 0.25) is 5.91 Å². The largest absolute Gasteiger partial charge is 0.469 e. The summed E-state index contributed by atoms with van der Waals surface area (Å²) in [4.78, 5) is 35.9. The van der Waals surface area contributed by atoms with Crippen LogP contribution in [0.4, 0.5) is 0 Å². The van der Waals surface area contributed by atoms with E-state index in [1.807, 2.05) is 0 Å². The number of halogens is 1. The number of Topliss-reactive ketones (excluding diaryl/α,β-unsaturated/α-hetero) is 1. The molecule has 1 N–H and O–H groups in total. The number of carbonyl (C=O) groups is 3. The van der Waals surface area contributed by atoms with Crippen LogP contribution in [0, 0.1) is 11.8 Å². The standard InChI is InChI=1S/C16H18BrNO4/c1-22-16(21)13-4-2-3-12(13)15(20)18-9-14(19)10-5-7-11(17)8-6-10/h5-8,12-13H,2-4,9H2,1H3,(H,18,20)/t12-,13?/m1/s1. The van der Waals surface area contributed by atoms with Gasteiger partial charge in [-0.1, -0.05) is 34.5 Å². The van der Waals surface area contributed by atoms with Gasteiger partial charge >= 0.3 is 5.97 Å². The molecule has 1 unspecified atom stereocenters. The Kier molecular flexibility index (Phi) is 5.71. The summed E-state index contributed by atoms with van der Waals surface area (Å²) in [6, 6.07) is 6.95. The van der Waals surface area contributed by atoms with Gasteiger partial charge in [0, 0.05) is 10.0 Å². The molecule has 22 heavy (non-hydrogen) atoms. The SMILES string of the molecule is COC(=O)C1CCC[C@H]1C(=O)NCC(=O)c1ccc(Br)cc1. The molecule has 1 aromatic carbocycles. The highest BCUT2D eigenvalue weighted by Crippen LogP contribution is 2.32. The highest BCUT2D eigenvalue weighted by molar-refractivity contribution is 9.10. The Bertz CT molecular complexity index is 570. The average Bonchev–Trinajstić information content (AvgIpc) is 3.01. The number of rotatable bonds is 5. The van der Waals surface area contributed by atoms with Crippen LogP contribution in [0.2, 0.25) is 0 Å². The molecule has 2 atom stereocenters. The Morgan fingerprint density at radius 2 is 1.82 bits per heavy atom. The normalized spacial score (nSPS) is 20.5. The lowest BCUT2D eigenvalue weighted by Gasteiger charge is -2.16.